The lowest BCUT2D eigenvalue weighted by Crippen LogP contribution is -2.25. The predicted octanol–water partition coefficient (Wildman–Crippen LogP) is 2.05. The summed E-state index contributed by atoms with van der Waals surface area (Å²) in [7, 11) is 1.78. The smallest absolute Gasteiger partial charge is 0.264 e. The van der Waals surface area contributed by atoms with Crippen molar-refractivity contribution < 1.29 is 4.79 Å². The fraction of sp³-hybridized carbons (Fsp3) is 0.273. The van der Waals surface area contributed by atoms with Crippen molar-refractivity contribution in [2.45, 2.75) is 13.5 Å². The van der Waals surface area contributed by atoms with Gasteiger partial charge in [-0.1, -0.05) is 0 Å². The van der Waals surface area contributed by atoms with E-state index in [9.17, 15) is 4.79 Å². The normalized spacial score (nSPS) is 10.4. The Bertz CT molecular complexity index is 475. The van der Waals surface area contributed by atoms with E-state index in [0.717, 1.165) is 15.6 Å². The maximum Gasteiger partial charge on any atom is 0.264 e. The van der Waals surface area contributed by atoms with Crippen LogP contribution >= 0.6 is 11.3 Å². The summed E-state index contributed by atoms with van der Waals surface area (Å²) in [6, 6.07) is 3.82. The Labute approximate surface area is 97.9 Å². The average Bonchev–Trinajstić information content (AvgIpc) is 2.88. The number of nitrogens with one attached hydrogen (secondary N) is 1. The number of aromatic amines is 1. The van der Waals surface area contributed by atoms with Crippen molar-refractivity contribution >= 4 is 17.2 Å². The molecule has 0 unspecified atom stereocenters. The third-order valence-corrected chi connectivity index (χ3v) is 3.23. The quantitative estimate of drug-likeness (QED) is 0.885. The number of thiophene rings is 1. The van der Waals surface area contributed by atoms with Crippen LogP contribution in [0.3, 0.4) is 0 Å². The predicted molar refractivity (Wildman–Crippen MR) is 63.4 cm³/mol. The number of nitrogens with zero attached hydrogens (tertiary/aromatic N) is 2. The maximum atomic E-state index is 12.0. The van der Waals surface area contributed by atoms with Gasteiger partial charge in [0.1, 0.15) is 5.82 Å². The second kappa shape index (κ2) is 4.49. The molecule has 84 valence electrons. The lowest BCUT2D eigenvalue weighted by atomic mass is 10.4. The Morgan fingerprint density at radius 3 is 2.94 bits per heavy atom. The molecule has 1 amide bonds. The molecule has 0 atom stereocenters. The molecule has 0 saturated carbocycles. The molecule has 0 fully saturated rings. The summed E-state index contributed by atoms with van der Waals surface area (Å²) in [5, 5.41) is 0. The summed E-state index contributed by atoms with van der Waals surface area (Å²) in [6.07, 6.45) is 3.44. The first kappa shape index (κ1) is 10.9. The molecule has 2 heterocycles. The van der Waals surface area contributed by atoms with Crippen molar-refractivity contribution in [2.24, 2.45) is 0 Å². The summed E-state index contributed by atoms with van der Waals surface area (Å²) in [5.41, 5.74) is 0. The number of carbonyl (C=O) groups excluding carboxylic acids is 1. The average molecular weight is 235 g/mol. The minimum atomic E-state index is 0.0366. The second-order valence-corrected chi connectivity index (χ2v) is 4.90. The number of H-pyrrole nitrogens is 1. The van der Waals surface area contributed by atoms with Crippen LogP contribution in [0.25, 0.3) is 0 Å². The number of aryl methyl sites for hydroxylation is 1. The van der Waals surface area contributed by atoms with Crippen LogP contribution in [0.2, 0.25) is 0 Å². The van der Waals surface area contributed by atoms with Gasteiger partial charge in [-0.05, 0) is 19.1 Å². The van der Waals surface area contributed by atoms with Gasteiger partial charge in [0.25, 0.3) is 5.91 Å². The Balaban J connectivity index is 2.05. The molecular formula is C11H13N3OS. The molecule has 0 radical (unpaired) electrons. The summed E-state index contributed by atoms with van der Waals surface area (Å²) in [5.74, 6) is 0.832. The van der Waals surface area contributed by atoms with Crippen LogP contribution in [-0.4, -0.2) is 27.8 Å². The number of rotatable bonds is 3. The van der Waals surface area contributed by atoms with E-state index in [2.05, 4.69) is 9.97 Å². The molecule has 0 aliphatic carbocycles. The van der Waals surface area contributed by atoms with Crippen molar-refractivity contribution in [1.29, 1.82) is 0 Å². The van der Waals surface area contributed by atoms with Gasteiger partial charge in [-0.25, -0.2) is 4.98 Å². The lowest BCUT2D eigenvalue weighted by molar-refractivity contribution is 0.0786. The number of hydrogen-bond acceptors (Lipinski definition) is 3. The Morgan fingerprint density at radius 2 is 2.38 bits per heavy atom. The molecule has 2 aromatic heterocycles. The largest absolute Gasteiger partial charge is 0.347 e. The number of imidazole rings is 1. The van der Waals surface area contributed by atoms with Crippen LogP contribution in [0.4, 0.5) is 0 Å². The van der Waals surface area contributed by atoms with E-state index in [1.807, 2.05) is 19.1 Å². The van der Waals surface area contributed by atoms with Crippen molar-refractivity contribution in [3.05, 3.63) is 40.1 Å². The summed E-state index contributed by atoms with van der Waals surface area (Å²) < 4.78 is 0. The summed E-state index contributed by atoms with van der Waals surface area (Å²) in [4.78, 5) is 22.6. The molecule has 0 aromatic carbocycles. The highest BCUT2D eigenvalue weighted by molar-refractivity contribution is 7.13. The van der Waals surface area contributed by atoms with Gasteiger partial charge in [-0.3, -0.25) is 4.79 Å². The van der Waals surface area contributed by atoms with E-state index < -0.39 is 0 Å². The van der Waals surface area contributed by atoms with Crippen LogP contribution < -0.4 is 0 Å². The Hall–Kier alpha value is -1.62. The first-order valence-corrected chi connectivity index (χ1v) is 5.78. The van der Waals surface area contributed by atoms with Crippen LogP contribution in [0, 0.1) is 6.92 Å². The van der Waals surface area contributed by atoms with Gasteiger partial charge in [0.2, 0.25) is 0 Å². The van der Waals surface area contributed by atoms with E-state index in [4.69, 9.17) is 0 Å². The van der Waals surface area contributed by atoms with Gasteiger partial charge >= 0.3 is 0 Å². The fourth-order valence-corrected chi connectivity index (χ4v) is 2.28. The third-order valence-electron chi connectivity index (χ3n) is 2.24. The molecular weight excluding hydrogens is 222 g/mol. The third kappa shape index (κ3) is 2.30. The zero-order valence-electron chi connectivity index (χ0n) is 9.23. The van der Waals surface area contributed by atoms with Gasteiger partial charge in [0.05, 0.1) is 11.4 Å². The summed E-state index contributed by atoms with van der Waals surface area (Å²) >= 11 is 1.51. The molecule has 0 spiro atoms. The van der Waals surface area contributed by atoms with Crippen LogP contribution in [0.1, 0.15) is 20.4 Å². The molecule has 0 aliphatic rings. The molecule has 1 N–H and O–H groups in total. The van der Waals surface area contributed by atoms with E-state index in [-0.39, 0.29) is 5.91 Å². The highest BCUT2D eigenvalue weighted by Crippen LogP contribution is 2.17. The molecule has 2 aromatic rings. The van der Waals surface area contributed by atoms with Crippen molar-refractivity contribution in [3.8, 4) is 0 Å². The van der Waals surface area contributed by atoms with Gasteiger partial charge in [0.15, 0.2) is 0 Å². The number of aromatic nitrogens is 2. The van der Waals surface area contributed by atoms with Gasteiger partial charge < -0.3 is 9.88 Å². The number of hydrogen-bond donors (Lipinski definition) is 1. The lowest BCUT2D eigenvalue weighted by Gasteiger charge is -2.14. The monoisotopic (exact) mass is 235 g/mol. The summed E-state index contributed by atoms with van der Waals surface area (Å²) in [6.45, 7) is 2.50. The molecule has 16 heavy (non-hydrogen) atoms. The topological polar surface area (TPSA) is 49.0 Å². The molecule has 0 saturated heterocycles. The van der Waals surface area contributed by atoms with E-state index in [1.54, 1.807) is 24.3 Å². The zero-order chi connectivity index (χ0) is 11.5. The minimum Gasteiger partial charge on any atom is -0.347 e. The maximum absolute atomic E-state index is 12.0. The molecule has 0 aliphatic heterocycles. The first-order chi connectivity index (χ1) is 7.66. The van der Waals surface area contributed by atoms with Crippen molar-refractivity contribution in [2.75, 3.05) is 7.05 Å². The molecule has 2 rings (SSSR count). The fourth-order valence-electron chi connectivity index (χ4n) is 1.42. The van der Waals surface area contributed by atoms with Crippen LogP contribution in [0.5, 0.6) is 0 Å². The van der Waals surface area contributed by atoms with Gasteiger partial charge in [-0.15, -0.1) is 11.3 Å². The van der Waals surface area contributed by atoms with E-state index >= 15 is 0 Å². The Morgan fingerprint density at radius 1 is 1.56 bits per heavy atom. The SMILES string of the molecule is Cc1ccc(C(=O)N(C)Cc2ncc[nH]2)s1. The first-order valence-electron chi connectivity index (χ1n) is 4.97. The Kier molecular flexibility index (Phi) is 3.05. The van der Waals surface area contributed by atoms with Crippen molar-refractivity contribution in [3.63, 3.8) is 0 Å². The number of amides is 1. The number of carbonyl (C=O) groups is 1. The highest BCUT2D eigenvalue weighted by Gasteiger charge is 2.14. The zero-order valence-corrected chi connectivity index (χ0v) is 10.0. The second-order valence-electron chi connectivity index (χ2n) is 3.61. The van der Waals surface area contributed by atoms with E-state index in [0.29, 0.717) is 6.54 Å². The molecule has 4 nitrogen and oxygen atoms in total. The van der Waals surface area contributed by atoms with Crippen LogP contribution in [-0.2, 0) is 6.54 Å². The van der Waals surface area contributed by atoms with Crippen LogP contribution in [0.15, 0.2) is 24.5 Å². The molecule has 0 bridgehead atoms. The van der Waals surface area contributed by atoms with E-state index in [1.165, 1.54) is 11.3 Å². The van der Waals surface area contributed by atoms with Gasteiger partial charge in [-0.2, -0.15) is 0 Å². The van der Waals surface area contributed by atoms with Gasteiger partial charge in [0, 0.05) is 24.3 Å². The standard InChI is InChI=1S/C11H13N3OS/c1-8-3-4-9(16-8)11(15)14(2)7-10-12-5-6-13-10/h3-6H,7H2,1-2H3,(H,12,13). The van der Waals surface area contributed by atoms with Crippen molar-refractivity contribution in [1.82, 2.24) is 14.9 Å². The minimum absolute atomic E-state index is 0.0366. The highest BCUT2D eigenvalue weighted by atomic mass is 32.1. The molecule has 5 heteroatoms.